The minimum absolute atomic E-state index is 0.279. The van der Waals surface area contributed by atoms with E-state index in [9.17, 15) is 4.55 Å². The van der Waals surface area contributed by atoms with Crippen molar-refractivity contribution in [3.8, 4) is 0 Å². The normalized spacial score (nSPS) is 16.5. The van der Waals surface area contributed by atoms with E-state index in [1.165, 1.54) is 12.8 Å². The highest BCUT2D eigenvalue weighted by Crippen LogP contribution is 2.21. The van der Waals surface area contributed by atoms with E-state index in [0.717, 1.165) is 29.9 Å². The molecule has 3 aromatic heterocycles. The molecule has 114 valence electrons. The quantitative estimate of drug-likeness (QED) is 0.741. The molecule has 0 bridgehead atoms. The summed E-state index contributed by atoms with van der Waals surface area (Å²) in [6.07, 6.45) is 4.15. The zero-order valence-corrected chi connectivity index (χ0v) is 13.5. The largest absolute Gasteiger partial charge is 0.609 e. The van der Waals surface area contributed by atoms with E-state index in [2.05, 4.69) is 24.8 Å². The molecular formula is C14H15N5OS2. The van der Waals surface area contributed by atoms with Crippen molar-refractivity contribution < 1.29 is 4.55 Å². The van der Waals surface area contributed by atoms with Gasteiger partial charge >= 0.3 is 5.16 Å². The fraction of sp³-hybridized carbons (Fsp3) is 0.357. The van der Waals surface area contributed by atoms with E-state index < -0.39 is 11.2 Å². The summed E-state index contributed by atoms with van der Waals surface area (Å²) < 4.78 is 12.4. The Bertz CT molecular complexity index is 752. The van der Waals surface area contributed by atoms with Crippen molar-refractivity contribution in [2.45, 2.75) is 23.8 Å². The van der Waals surface area contributed by atoms with Crippen LogP contribution in [0.4, 0.5) is 5.82 Å². The van der Waals surface area contributed by atoms with Crippen LogP contribution in [0.25, 0.3) is 11.0 Å². The molecule has 0 spiro atoms. The summed E-state index contributed by atoms with van der Waals surface area (Å²) >= 11 is 0.316. The van der Waals surface area contributed by atoms with E-state index >= 15 is 0 Å². The van der Waals surface area contributed by atoms with Gasteiger partial charge in [-0.05, 0) is 18.9 Å². The molecule has 6 nitrogen and oxygen atoms in total. The first-order valence-corrected chi connectivity index (χ1v) is 9.43. The fourth-order valence-electron chi connectivity index (χ4n) is 2.60. The maximum Gasteiger partial charge on any atom is 0.322 e. The van der Waals surface area contributed by atoms with Crippen molar-refractivity contribution >= 4 is 39.4 Å². The van der Waals surface area contributed by atoms with Crippen LogP contribution in [0.3, 0.4) is 0 Å². The summed E-state index contributed by atoms with van der Waals surface area (Å²) in [7, 11) is 0. The van der Waals surface area contributed by atoms with Gasteiger partial charge in [-0.1, -0.05) is 0 Å². The molecule has 0 aliphatic carbocycles. The van der Waals surface area contributed by atoms with Crippen LogP contribution in [-0.2, 0) is 16.9 Å². The van der Waals surface area contributed by atoms with Gasteiger partial charge in [0, 0.05) is 41.2 Å². The van der Waals surface area contributed by atoms with Gasteiger partial charge in [0.05, 0.1) is 5.52 Å². The Labute approximate surface area is 134 Å². The molecule has 1 saturated heterocycles. The van der Waals surface area contributed by atoms with Gasteiger partial charge in [0.25, 0.3) is 0 Å². The molecular weight excluding hydrogens is 318 g/mol. The summed E-state index contributed by atoms with van der Waals surface area (Å²) in [5, 5.41) is 4.40. The highest BCUT2D eigenvalue weighted by atomic mass is 32.2. The summed E-state index contributed by atoms with van der Waals surface area (Å²) in [5.41, 5.74) is 1.79. The molecule has 1 atom stereocenters. The number of hydrogen-bond acceptors (Lipinski definition) is 6. The first-order chi connectivity index (χ1) is 10.8. The fourth-order valence-corrected chi connectivity index (χ4v) is 4.22. The number of rotatable bonds is 4. The number of nitrogens with one attached hydrogen (secondary N) is 1. The van der Waals surface area contributed by atoms with Crippen molar-refractivity contribution in [2.75, 3.05) is 18.0 Å². The van der Waals surface area contributed by atoms with E-state index in [1.54, 1.807) is 17.5 Å². The van der Waals surface area contributed by atoms with Crippen molar-refractivity contribution in [3.05, 3.63) is 28.8 Å². The van der Waals surface area contributed by atoms with E-state index in [1.807, 2.05) is 16.8 Å². The van der Waals surface area contributed by atoms with Crippen molar-refractivity contribution in [1.29, 1.82) is 0 Å². The maximum atomic E-state index is 12.4. The molecule has 0 amide bonds. The lowest BCUT2D eigenvalue weighted by Gasteiger charge is -2.16. The first-order valence-electron chi connectivity index (χ1n) is 7.17. The highest BCUT2D eigenvalue weighted by molar-refractivity contribution is 7.90. The van der Waals surface area contributed by atoms with Crippen molar-refractivity contribution in [1.82, 2.24) is 19.9 Å². The van der Waals surface area contributed by atoms with E-state index in [0.29, 0.717) is 11.0 Å². The minimum Gasteiger partial charge on any atom is -0.609 e. The lowest BCUT2D eigenvalue weighted by Crippen LogP contribution is -2.20. The molecule has 1 aliphatic rings. The Morgan fingerprint density at radius 2 is 2.14 bits per heavy atom. The number of thiophene rings is 1. The van der Waals surface area contributed by atoms with Crippen LogP contribution in [0, 0.1) is 0 Å². The predicted octanol–water partition coefficient (Wildman–Crippen LogP) is 2.32. The van der Waals surface area contributed by atoms with Crippen LogP contribution < -0.4 is 4.90 Å². The number of nitrogens with zero attached hydrogens (tertiary/aromatic N) is 4. The molecule has 4 heterocycles. The van der Waals surface area contributed by atoms with Crippen LogP contribution in [0.5, 0.6) is 0 Å². The molecule has 3 aromatic rings. The predicted molar refractivity (Wildman–Crippen MR) is 87.6 cm³/mol. The second-order valence-electron chi connectivity index (χ2n) is 5.23. The van der Waals surface area contributed by atoms with Crippen molar-refractivity contribution in [3.63, 3.8) is 0 Å². The van der Waals surface area contributed by atoms with Crippen molar-refractivity contribution in [2.24, 2.45) is 0 Å². The lowest BCUT2D eigenvalue weighted by atomic mass is 10.4. The Morgan fingerprint density at radius 1 is 1.27 bits per heavy atom. The third-order valence-electron chi connectivity index (χ3n) is 3.70. The SMILES string of the molecule is [O-][S+](Cc1nccc(N2CCCC2)n1)c1nc2cscc2[nH]1. The molecule has 22 heavy (non-hydrogen) atoms. The third kappa shape index (κ3) is 2.69. The zero-order chi connectivity index (χ0) is 14.9. The Kier molecular flexibility index (Phi) is 3.73. The van der Waals surface area contributed by atoms with Gasteiger partial charge in [-0.3, -0.25) is 4.98 Å². The van der Waals surface area contributed by atoms with Crippen LogP contribution >= 0.6 is 11.3 Å². The van der Waals surface area contributed by atoms with Gasteiger partial charge in [0.15, 0.2) is 11.6 Å². The standard InChI is InChI=1S/C14H15N5OS2/c20-22(14-16-10-7-21-8-11(10)17-14)9-12-15-4-3-13(18-12)19-5-1-2-6-19/h3-4,7-8H,1-2,5-6,9H2,(H,16,17). The number of H-pyrrole nitrogens is 1. The second kappa shape index (κ2) is 5.86. The van der Waals surface area contributed by atoms with Gasteiger partial charge in [-0.2, -0.15) is 4.98 Å². The topological polar surface area (TPSA) is 80.8 Å². The monoisotopic (exact) mass is 333 g/mol. The van der Waals surface area contributed by atoms with E-state index in [-0.39, 0.29) is 5.75 Å². The Morgan fingerprint density at radius 3 is 2.95 bits per heavy atom. The van der Waals surface area contributed by atoms with Gasteiger partial charge in [-0.15, -0.1) is 11.3 Å². The number of aromatic amines is 1. The van der Waals surface area contributed by atoms with Crippen LogP contribution in [0.15, 0.2) is 28.2 Å². The maximum absolute atomic E-state index is 12.4. The summed E-state index contributed by atoms with van der Waals surface area (Å²) in [6, 6.07) is 1.92. The Hall–Kier alpha value is -1.64. The van der Waals surface area contributed by atoms with Crippen LogP contribution in [0.2, 0.25) is 0 Å². The van der Waals surface area contributed by atoms with Crippen LogP contribution in [-0.4, -0.2) is 37.6 Å². The van der Waals surface area contributed by atoms with Crippen LogP contribution in [0.1, 0.15) is 18.7 Å². The first kappa shape index (κ1) is 14.0. The molecule has 1 fully saturated rings. The number of aromatic nitrogens is 4. The van der Waals surface area contributed by atoms with Gasteiger partial charge < -0.3 is 9.45 Å². The molecule has 1 aliphatic heterocycles. The molecule has 0 saturated carbocycles. The molecule has 1 N–H and O–H groups in total. The summed E-state index contributed by atoms with van der Waals surface area (Å²) in [5.74, 6) is 1.81. The molecule has 0 radical (unpaired) electrons. The second-order valence-corrected chi connectivity index (χ2v) is 7.34. The highest BCUT2D eigenvalue weighted by Gasteiger charge is 2.20. The average molecular weight is 333 g/mol. The number of imidazole rings is 1. The zero-order valence-electron chi connectivity index (χ0n) is 11.9. The number of anilines is 1. The molecule has 4 rings (SSSR count). The minimum atomic E-state index is -1.26. The van der Waals surface area contributed by atoms with Gasteiger partial charge in [-0.25, -0.2) is 9.97 Å². The molecule has 0 aromatic carbocycles. The number of fused-ring (bicyclic) bond motifs is 1. The lowest BCUT2D eigenvalue weighted by molar-refractivity contribution is 0.586. The molecule has 1 unspecified atom stereocenters. The van der Waals surface area contributed by atoms with Gasteiger partial charge in [0.1, 0.15) is 11.3 Å². The van der Waals surface area contributed by atoms with Gasteiger partial charge in [0.2, 0.25) is 0 Å². The average Bonchev–Trinajstić information content (AvgIpc) is 3.24. The third-order valence-corrected chi connectivity index (χ3v) is 5.58. The Balaban J connectivity index is 1.52. The van der Waals surface area contributed by atoms with E-state index in [4.69, 9.17) is 0 Å². The summed E-state index contributed by atoms with van der Waals surface area (Å²) in [4.78, 5) is 18.5. The smallest absolute Gasteiger partial charge is 0.322 e. The molecule has 8 heteroatoms. The number of hydrogen-bond donors (Lipinski definition) is 1. The summed E-state index contributed by atoms with van der Waals surface area (Å²) in [6.45, 7) is 2.07.